The van der Waals surface area contributed by atoms with E-state index in [2.05, 4.69) is 10.3 Å². The summed E-state index contributed by atoms with van der Waals surface area (Å²) >= 11 is 0. The van der Waals surface area contributed by atoms with Gasteiger partial charge in [0, 0.05) is 25.9 Å². The van der Waals surface area contributed by atoms with Crippen LogP contribution < -0.4 is 34.0 Å². The standard InChI is InChI=1S/C34H58N8O5/c1-21-16-25(43)17-22(2)26(21)19-24(20-30(44)27(36)12-9-15-40-34(38)39)32(46)41-28(13-7-8-14-35)33(47)42(3)29(31(37)45)18-23-10-5-4-6-11-23/h16-17,23-24,27-29,43H,4-15,18-20,35-36H2,1-3H3,(H2,37,45)(H,41,46)(H4,38,39,40)/t24-,27-,28+,29+/m1/s1. The Morgan fingerprint density at radius 3 is 2.21 bits per heavy atom. The number of carbonyl (C=O) groups excluding carboxylic acids is 4. The lowest BCUT2D eigenvalue weighted by Crippen LogP contribution is -2.55. The molecule has 12 N–H and O–H groups in total. The number of nitrogens with two attached hydrogens (primary N) is 5. The fourth-order valence-electron chi connectivity index (χ4n) is 6.51. The third-order valence-corrected chi connectivity index (χ3v) is 9.32. The van der Waals surface area contributed by atoms with Gasteiger partial charge >= 0.3 is 0 Å². The molecule has 0 bridgehead atoms. The van der Waals surface area contributed by atoms with Gasteiger partial charge in [-0.05, 0) is 100 Å². The van der Waals surface area contributed by atoms with Crippen molar-refractivity contribution in [3.8, 4) is 5.75 Å². The number of unbranched alkanes of at least 4 members (excludes halogenated alkanes) is 1. The highest BCUT2D eigenvalue weighted by Crippen LogP contribution is 2.29. The Balaban J connectivity index is 2.32. The fraction of sp³-hybridized carbons (Fsp3) is 0.676. The first kappa shape index (κ1) is 39.5. The number of hydrogen-bond acceptors (Lipinski definition) is 8. The minimum atomic E-state index is -0.944. The van der Waals surface area contributed by atoms with Gasteiger partial charge in [-0.1, -0.05) is 32.1 Å². The molecule has 0 unspecified atom stereocenters. The van der Waals surface area contributed by atoms with Crippen LogP contribution in [0.2, 0.25) is 0 Å². The minimum Gasteiger partial charge on any atom is -0.508 e. The lowest BCUT2D eigenvalue weighted by Gasteiger charge is -2.33. The van der Waals surface area contributed by atoms with E-state index in [1.54, 1.807) is 19.2 Å². The van der Waals surface area contributed by atoms with Crippen molar-refractivity contribution in [2.24, 2.45) is 45.5 Å². The predicted octanol–water partition coefficient (Wildman–Crippen LogP) is 1.40. The van der Waals surface area contributed by atoms with Gasteiger partial charge in [-0.25, -0.2) is 0 Å². The second-order valence-corrected chi connectivity index (χ2v) is 13.1. The summed E-state index contributed by atoms with van der Waals surface area (Å²) in [5.41, 5.74) is 30.9. The Hall–Kier alpha value is -3.71. The molecule has 47 heavy (non-hydrogen) atoms. The number of carbonyl (C=O) groups is 4. The van der Waals surface area contributed by atoms with Crippen LogP contribution in [0.5, 0.6) is 5.75 Å². The van der Waals surface area contributed by atoms with E-state index in [4.69, 9.17) is 28.7 Å². The zero-order valence-electron chi connectivity index (χ0n) is 28.5. The van der Waals surface area contributed by atoms with E-state index in [1.807, 2.05) is 13.8 Å². The van der Waals surface area contributed by atoms with Crippen LogP contribution in [0.1, 0.15) is 93.7 Å². The summed E-state index contributed by atoms with van der Waals surface area (Å²) in [6.45, 7) is 4.41. The van der Waals surface area contributed by atoms with Crippen molar-refractivity contribution in [1.82, 2.24) is 10.2 Å². The molecular weight excluding hydrogens is 600 g/mol. The number of primary amides is 1. The van der Waals surface area contributed by atoms with E-state index < -0.39 is 41.8 Å². The number of Topliss-reactive ketones (excluding diaryl/α,β-unsaturated/α-hetero) is 1. The Bertz CT molecular complexity index is 1210. The highest BCUT2D eigenvalue weighted by atomic mass is 16.3. The lowest BCUT2D eigenvalue weighted by molar-refractivity contribution is -0.142. The van der Waals surface area contributed by atoms with Gasteiger partial charge in [0.25, 0.3) is 0 Å². The van der Waals surface area contributed by atoms with E-state index in [1.165, 1.54) is 4.90 Å². The average Bonchev–Trinajstić information content (AvgIpc) is 3.01. The number of nitrogens with one attached hydrogen (secondary N) is 1. The third-order valence-electron chi connectivity index (χ3n) is 9.32. The SMILES string of the molecule is Cc1cc(O)cc(C)c1C[C@H](CC(=O)[C@H](N)CCCN=C(N)N)C(=O)N[C@@H](CCCCN)C(=O)N(C)[C@@H](CC1CCCCC1)C(N)=O. The molecule has 0 radical (unpaired) electrons. The van der Waals surface area contributed by atoms with Crippen LogP contribution in [-0.4, -0.2) is 77.7 Å². The van der Waals surface area contributed by atoms with Gasteiger partial charge in [0.2, 0.25) is 17.7 Å². The van der Waals surface area contributed by atoms with Crippen LogP contribution in [-0.2, 0) is 25.6 Å². The number of ketones is 1. The minimum absolute atomic E-state index is 0.0429. The first-order valence-corrected chi connectivity index (χ1v) is 16.9. The van der Waals surface area contributed by atoms with E-state index in [0.29, 0.717) is 57.5 Å². The van der Waals surface area contributed by atoms with Crippen LogP contribution in [0.15, 0.2) is 17.1 Å². The molecule has 1 aliphatic rings. The van der Waals surface area contributed by atoms with Crippen LogP contribution in [0.3, 0.4) is 0 Å². The number of likely N-dealkylation sites (N-methyl/N-ethyl adjacent to an activating group) is 1. The normalized spacial score (nSPS) is 16.0. The number of aryl methyl sites for hydroxylation is 2. The molecule has 0 aliphatic heterocycles. The number of nitrogens with zero attached hydrogens (tertiary/aromatic N) is 2. The molecule has 3 amide bonds. The number of benzene rings is 1. The van der Waals surface area contributed by atoms with Crippen molar-refractivity contribution in [2.75, 3.05) is 20.1 Å². The molecular formula is C34H58N8O5. The van der Waals surface area contributed by atoms with Crippen molar-refractivity contribution >= 4 is 29.5 Å². The zero-order chi connectivity index (χ0) is 35.1. The topological polar surface area (TPSA) is 246 Å². The van der Waals surface area contributed by atoms with Gasteiger partial charge in [0.15, 0.2) is 5.96 Å². The molecule has 1 aromatic carbocycles. The summed E-state index contributed by atoms with van der Waals surface area (Å²) in [4.78, 5) is 59.2. The smallest absolute Gasteiger partial charge is 0.245 e. The highest BCUT2D eigenvalue weighted by Gasteiger charge is 2.35. The first-order chi connectivity index (χ1) is 22.2. The van der Waals surface area contributed by atoms with Crippen molar-refractivity contribution in [3.63, 3.8) is 0 Å². The second-order valence-electron chi connectivity index (χ2n) is 13.1. The lowest BCUT2D eigenvalue weighted by atomic mass is 9.84. The summed E-state index contributed by atoms with van der Waals surface area (Å²) in [5, 5.41) is 13.0. The molecule has 0 spiro atoms. The van der Waals surface area contributed by atoms with Gasteiger partial charge in [-0.15, -0.1) is 0 Å². The first-order valence-electron chi connectivity index (χ1n) is 16.9. The number of hydrogen-bond donors (Lipinski definition) is 7. The van der Waals surface area contributed by atoms with Crippen LogP contribution in [0, 0.1) is 25.7 Å². The number of rotatable bonds is 20. The van der Waals surface area contributed by atoms with Crippen LogP contribution in [0.4, 0.5) is 0 Å². The zero-order valence-corrected chi connectivity index (χ0v) is 28.5. The molecule has 264 valence electrons. The van der Waals surface area contributed by atoms with Crippen LogP contribution >= 0.6 is 0 Å². The predicted molar refractivity (Wildman–Crippen MR) is 184 cm³/mol. The van der Waals surface area contributed by atoms with E-state index in [-0.39, 0.29) is 30.3 Å². The van der Waals surface area contributed by atoms with Gasteiger partial charge in [0.1, 0.15) is 23.6 Å². The number of phenolic OH excluding ortho intramolecular Hbond substituents is 1. The maximum atomic E-state index is 14.0. The summed E-state index contributed by atoms with van der Waals surface area (Å²) in [7, 11) is 1.56. The van der Waals surface area contributed by atoms with Crippen molar-refractivity contribution < 1.29 is 24.3 Å². The molecule has 13 heteroatoms. The van der Waals surface area contributed by atoms with E-state index >= 15 is 0 Å². The summed E-state index contributed by atoms with van der Waals surface area (Å²) < 4.78 is 0. The Kier molecular flexibility index (Phi) is 16.7. The number of aromatic hydroxyl groups is 1. The molecule has 2 rings (SSSR count). The summed E-state index contributed by atoms with van der Waals surface area (Å²) in [6, 6.07) is 0.652. The monoisotopic (exact) mass is 658 g/mol. The largest absolute Gasteiger partial charge is 0.508 e. The molecule has 0 heterocycles. The van der Waals surface area contributed by atoms with Crippen molar-refractivity contribution in [3.05, 3.63) is 28.8 Å². The highest BCUT2D eigenvalue weighted by molar-refractivity contribution is 5.94. The van der Waals surface area contributed by atoms with E-state index in [9.17, 15) is 24.3 Å². The quantitative estimate of drug-likeness (QED) is 0.0607. The van der Waals surface area contributed by atoms with Gasteiger partial charge in [0.05, 0.1) is 6.04 Å². The molecule has 13 nitrogen and oxygen atoms in total. The van der Waals surface area contributed by atoms with Crippen molar-refractivity contribution in [1.29, 1.82) is 0 Å². The number of aliphatic imine (C=N–C) groups is 1. The van der Waals surface area contributed by atoms with Crippen molar-refractivity contribution in [2.45, 2.75) is 115 Å². The molecule has 0 saturated heterocycles. The van der Waals surface area contributed by atoms with E-state index in [0.717, 1.165) is 48.8 Å². The Morgan fingerprint density at radius 1 is 1.00 bits per heavy atom. The number of amides is 3. The number of guanidine groups is 1. The van der Waals surface area contributed by atoms with Crippen LogP contribution in [0.25, 0.3) is 0 Å². The Labute approximate surface area is 279 Å². The summed E-state index contributed by atoms with van der Waals surface area (Å²) in [5.74, 6) is -2.24. The number of phenols is 1. The van der Waals surface area contributed by atoms with Gasteiger partial charge < -0.3 is 44.0 Å². The molecule has 1 aromatic rings. The molecule has 1 fully saturated rings. The molecule has 1 aliphatic carbocycles. The Morgan fingerprint density at radius 2 is 1.64 bits per heavy atom. The maximum Gasteiger partial charge on any atom is 0.245 e. The third kappa shape index (κ3) is 13.1. The summed E-state index contributed by atoms with van der Waals surface area (Å²) in [6.07, 6.45) is 8.21. The van der Waals surface area contributed by atoms with Gasteiger partial charge in [-0.2, -0.15) is 0 Å². The second kappa shape index (κ2) is 19.8. The average molecular weight is 659 g/mol. The maximum absolute atomic E-state index is 14.0. The molecule has 0 aromatic heterocycles. The molecule has 4 atom stereocenters. The molecule has 1 saturated carbocycles. The van der Waals surface area contributed by atoms with Gasteiger partial charge in [-0.3, -0.25) is 24.2 Å². The fourth-order valence-corrected chi connectivity index (χ4v) is 6.51.